The first-order valence-electron chi connectivity index (χ1n) is 14.4. The van der Waals surface area contributed by atoms with Crippen LogP contribution in [0, 0.1) is 5.82 Å². The Balaban J connectivity index is 1.58. The van der Waals surface area contributed by atoms with Gasteiger partial charge in [-0.15, -0.1) is 0 Å². The van der Waals surface area contributed by atoms with E-state index in [1.165, 1.54) is 56.8 Å². The topological polar surface area (TPSA) is 148 Å². The van der Waals surface area contributed by atoms with Crippen molar-refractivity contribution in [2.45, 2.75) is 43.6 Å². The second kappa shape index (κ2) is 11.8. The number of carbonyl (C=O) groups excluding carboxylic acids is 2. The molecule has 2 aromatic heterocycles. The van der Waals surface area contributed by atoms with Crippen LogP contribution in [0.5, 0.6) is 11.5 Å². The van der Waals surface area contributed by atoms with Gasteiger partial charge < -0.3 is 30.3 Å². The first kappa shape index (κ1) is 33.6. The number of aryl methyl sites for hydroxylation is 1. The smallest absolute Gasteiger partial charge is 0.424 e. The van der Waals surface area contributed by atoms with Crippen LogP contribution in [0.25, 0.3) is 22.2 Å². The van der Waals surface area contributed by atoms with Gasteiger partial charge in [-0.25, -0.2) is 9.37 Å². The molecule has 2 atom stereocenters. The van der Waals surface area contributed by atoms with Crippen molar-refractivity contribution in [3.63, 3.8) is 0 Å². The number of rotatable bonds is 9. The number of amides is 2. The van der Waals surface area contributed by atoms with Gasteiger partial charge in [-0.3, -0.25) is 14.3 Å². The molecule has 250 valence electrons. The summed E-state index contributed by atoms with van der Waals surface area (Å²) in [5, 5.41) is 31.0. The zero-order chi connectivity index (χ0) is 34.5. The molecule has 0 spiro atoms. The maximum absolute atomic E-state index is 14.9. The molecule has 15 heteroatoms. The van der Waals surface area contributed by atoms with Crippen LogP contribution >= 0.6 is 0 Å². The van der Waals surface area contributed by atoms with Gasteiger partial charge in [0.05, 0.1) is 24.9 Å². The SMILES string of the molecule is COc1cc(C(=O)NCC(O)(c2cc3c(c(-c4ccc(F)cc4)n2)OC[C@]3(C)C(=O)NCC(C)(C)O)C(F)(F)F)cc2cn(C)nc12. The summed E-state index contributed by atoms with van der Waals surface area (Å²) in [6, 6.07) is 8.34. The lowest BCUT2D eigenvalue weighted by molar-refractivity contribution is -0.265. The van der Waals surface area contributed by atoms with E-state index in [2.05, 4.69) is 20.7 Å². The number of nitrogens with zero attached hydrogens (tertiary/aromatic N) is 3. The van der Waals surface area contributed by atoms with Crippen molar-refractivity contribution in [2.24, 2.45) is 7.05 Å². The van der Waals surface area contributed by atoms with Gasteiger partial charge in [-0.1, -0.05) is 0 Å². The van der Waals surface area contributed by atoms with Crippen LogP contribution in [-0.2, 0) is 22.9 Å². The number of alkyl halides is 3. The minimum absolute atomic E-state index is 0.0316. The highest BCUT2D eigenvalue weighted by molar-refractivity contribution is 6.00. The third-order valence-corrected chi connectivity index (χ3v) is 7.94. The molecule has 1 unspecified atom stereocenters. The summed E-state index contributed by atoms with van der Waals surface area (Å²) in [4.78, 5) is 30.8. The number of aliphatic hydroxyl groups is 2. The van der Waals surface area contributed by atoms with Crippen LogP contribution < -0.4 is 20.1 Å². The molecule has 1 aliphatic rings. The summed E-state index contributed by atoms with van der Waals surface area (Å²) in [7, 11) is 3.01. The van der Waals surface area contributed by atoms with Crippen molar-refractivity contribution in [2.75, 3.05) is 26.8 Å². The van der Waals surface area contributed by atoms with E-state index >= 15 is 0 Å². The Kier molecular flexibility index (Phi) is 8.43. The Morgan fingerprint density at radius 3 is 2.38 bits per heavy atom. The Hall–Kier alpha value is -4.76. The number of benzene rings is 2. The number of aromatic nitrogens is 3. The van der Waals surface area contributed by atoms with E-state index in [1.54, 1.807) is 13.2 Å². The highest BCUT2D eigenvalue weighted by Gasteiger charge is 2.58. The van der Waals surface area contributed by atoms with Crippen LogP contribution in [-0.4, -0.2) is 75.4 Å². The van der Waals surface area contributed by atoms with Crippen molar-refractivity contribution >= 4 is 22.7 Å². The lowest BCUT2D eigenvalue weighted by Crippen LogP contribution is -2.52. The van der Waals surface area contributed by atoms with Crippen molar-refractivity contribution in [3.05, 3.63) is 71.3 Å². The number of fused-ring (bicyclic) bond motifs is 2. The molecule has 47 heavy (non-hydrogen) atoms. The predicted octanol–water partition coefficient (Wildman–Crippen LogP) is 3.50. The molecule has 2 amide bonds. The van der Waals surface area contributed by atoms with Gasteiger partial charge in [-0.2, -0.15) is 18.3 Å². The molecule has 11 nitrogen and oxygen atoms in total. The van der Waals surface area contributed by atoms with Gasteiger partial charge in [0.2, 0.25) is 11.5 Å². The summed E-state index contributed by atoms with van der Waals surface area (Å²) >= 11 is 0. The maximum atomic E-state index is 14.9. The summed E-state index contributed by atoms with van der Waals surface area (Å²) in [5.41, 5.74) is -7.26. The lowest BCUT2D eigenvalue weighted by atomic mass is 9.81. The Morgan fingerprint density at radius 1 is 1.09 bits per heavy atom. The first-order chi connectivity index (χ1) is 21.9. The normalized spacial score (nSPS) is 17.5. The summed E-state index contributed by atoms with van der Waals surface area (Å²) in [6.45, 7) is 2.53. The number of nitrogens with one attached hydrogen (secondary N) is 2. The molecule has 4 aromatic rings. The maximum Gasteiger partial charge on any atom is 0.424 e. The van der Waals surface area contributed by atoms with E-state index in [-0.39, 0.29) is 47.0 Å². The molecule has 3 heterocycles. The fourth-order valence-electron chi connectivity index (χ4n) is 5.23. The standard InChI is InChI=1S/C32H33F4N5O6/c1-29(2,44)14-38-28(43)30(3)16-47-26-21(30)12-23(39-25(26)17-6-8-20(33)9-7-17)31(45,32(34,35)36)15-37-27(42)18-10-19-13-41(4)40-24(19)22(11-18)46-5/h6-13,44-45H,14-16H2,1-5H3,(H,37,42)(H,38,43)/t30-,31?/m0/s1. The van der Waals surface area contributed by atoms with Crippen LogP contribution in [0.15, 0.2) is 48.7 Å². The van der Waals surface area contributed by atoms with E-state index in [0.29, 0.717) is 10.9 Å². The third-order valence-electron chi connectivity index (χ3n) is 7.94. The van der Waals surface area contributed by atoms with Gasteiger partial charge >= 0.3 is 6.18 Å². The third kappa shape index (κ3) is 6.32. The van der Waals surface area contributed by atoms with E-state index in [1.807, 2.05) is 0 Å². The van der Waals surface area contributed by atoms with Gasteiger partial charge in [-0.05, 0) is 63.2 Å². The van der Waals surface area contributed by atoms with E-state index in [4.69, 9.17) is 9.47 Å². The number of carbonyl (C=O) groups is 2. The quantitative estimate of drug-likeness (QED) is 0.200. The van der Waals surface area contributed by atoms with Gasteiger partial charge in [0.1, 0.15) is 40.5 Å². The summed E-state index contributed by atoms with van der Waals surface area (Å²) in [5.74, 6) is -2.05. The molecule has 2 aromatic carbocycles. The molecule has 1 aliphatic heterocycles. The fraction of sp³-hybridized carbons (Fsp3) is 0.375. The molecule has 0 bridgehead atoms. The number of halogens is 4. The molecule has 4 N–H and O–H groups in total. The van der Waals surface area contributed by atoms with Gasteiger partial charge in [0, 0.05) is 41.9 Å². The number of pyridine rings is 1. The van der Waals surface area contributed by atoms with Crippen molar-refractivity contribution in [1.82, 2.24) is 25.4 Å². The monoisotopic (exact) mass is 659 g/mol. The number of hydrogen-bond donors (Lipinski definition) is 4. The molecule has 0 saturated carbocycles. The Labute approximate surface area is 266 Å². The van der Waals surface area contributed by atoms with Crippen LogP contribution in [0.2, 0.25) is 0 Å². The van der Waals surface area contributed by atoms with Gasteiger partial charge in [0.25, 0.3) is 5.91 Å². The van der Waals surface area contributed by atoms with Crippen LogP contribution in [0.3, 0.4) is 0 Å². The minimum Gasteiger partial charge on any atom is -0.494 e. The first-order valence-corrected chi connectivity index (χ1v) is 14.4. The molecule has 0 saturated heterocycles. The zero-order valence-corrected chi connectivity index (χ0v) is 26.1. The number of methoxy groups -OCH3 is 1. The highest BCUT2D eigenvalue weighted by atomic mass is 19.4. The van der Waals surface area contributed by atoms with E-state index in [0.717, 1.165) is 18.2 Å². The molecule has 0 aliphatic carbocycles. The minimum atomic E-state index is -5.38. The van der Waals surface area contributed by atoms with E-state index < -0.39 is 52.7 Å². The summed E-state index contributed by atoms with van der Waals surface area (Å²) in [6.07, 6.45) is -3.78. The van der Waals surface area contributed by atoms with Crippen LogP contribution in [0.4, 0.5) is 17.6 Å². The molecular weight excluding hydrogens is 626 g/mol. The molecular formula is C32H33F4N5O6. The van der Waals surface area contributed by atoms with E-state index in [9.17, 15) is 37.4 Å². The molecule has 0 radical (unpaired) electrons. The Morgan fingerprint density at radius 2 is 1.77 bits per heavy atom. The largest absolute Gasteiger partial charge is 0.494 e. The average Bonchev–Trinajstić information content (AvgIpc) is 3.56. The lowest BCUT2D eigenvalue weighted by Gasteiger charge is -2.32. The van der Waals surface area contributed by atoms with Gasteiger partial charge in [0.15, 0.2) is 0 Å². The van der Waals surface area contributed by atoms with Crippen molar-refractivity contribution < 1.29 is 46.8 Å². The highest BCUT2D eigenvalue weighted by Crippen LogP contribution is 2.48. The average molecular weight is 660 g/mol. The molecule has 5 rings (SSSR count). The molecule has 0 fully saturated rings. The Bertz CT molecular complexity index is 1850. The zero-order valence-electron chi connectivity index (χ0n) is 26.1. The van der Waals surface area contributed by atoms with Crippen molar-refractivity contribution in [3.8, 4) is 22.8 Å². The predicted molar refractivity (Wildman–Crippen MR) is 161 cm³/mol. The number of hydrogen-bond acceptors (Lipinski definition) is 8. The second-order valence-electron chi connectivity index (χ2n) is 12.3. The van der Waals surface area contributed by atoms with Crippen molar-refractivity contribution in [1.29, 1.82) is 0 Å². The summed E-state index contributed by atoms with van der Waals surface area (Å²) < 4.78 is 71.0. The fourth-order valence-corrected chi connectivity index (χ4v) is 5.23. The van der Waals surface area contributed by atoms with Crippen LogP contribution in [0.1, 0.15) is 42.4 Å². The number of ether oxygens (including phenoxy) is 2. The second-order valence-corrected chi connectivity index (χ2v) is 12.3.